The molecule has 11 heteroatoms. The van der Waals surface area contributed by atoms with Gasteiger partial charge in [0.05, 0.1) is 39.6 Å². The van der Waals surface area contributed by atoms with Crippen LogP contribution in [0.2, 0.25) is 0 Å². The number of nitrogens with zero attached hydrogens (tertiary/aromatic N) is 4. The van der Waals surface area contributed by atoms with E-state index in [-0.39, 0.29) is 24.4 Å². The van der Waals surface area contributed by atoms with Gasteiger partial charge in [-0.05, 0) is 30.2 Å². The van der Waals surface area contributed by atoms with E-state index in [0.29, 0.717) is 23.5 Å². The zero-order valence-electron chi connectivity index (χ0n) is 18.4. The number of fused-ring (bicyclic) bond motifs is 1. The van der Waals surface area contributed by atoms with Crippen molar-refractivity contribution in [2.24, 2.45) is 5.73 Å². The molecule has 0 radical (unpaired) electrons. The summed E-state index contributed by atoms with van der Waals surface area (Å²) in [6.45, 7) is -0.113. The number of thiazole rings is 1. The first kappa shape index (κ1) is 22.4. The minimum atomic E-state index is -0.819. The molecule has 176 valence electrons. The second kappa shape index (κ2) is 9.87. The molecule has 1 amide bonds. The van der Waals surface area contributed by atoms with Gasteiger partial charge in [-0.15, -0.1) is 21.5 Å². The van der Waals surface area contributed by atoms with Gasteiger partial charge in [0.1, 0.15) is 5.82 Å². The lowest BCUT2D eigenvalue weighted by Gasteiger charge is -2.20. The van der Waals surface area contributed by atoms with Crippen molar-refractivity contribution in [2.75, 3.05) is 17.2 Å². The highest BCUT2D eigenvalue weighted by atomic mass is 32.1. The molecule has 35 heavy (non-hydrogen) atoms. The van der Waals surface area contributed by atoms with Crippen LogP contribution in [-0.4, -0.2) is 43.8 Å². The highest BCUT2D eigenvalue weighted by molar-refractivity contribution is 7.16. The van der Waals surface area contributed by atoms with Gasteiger partial charge in [-0.2, -0.15) is 0 Å². The third-order valence-corrected chi connectivity index (χ3v) is 6.07. The van der Waals surface area contributed by atoms with Crippen molar-refractivity contribution in [1.82, 2.24) is 20.2 Å². The highest BCUT2D eigenvalue weighted by Crippen LogP contribution is 2.31. The predicted octanol–water partition coefficient (Wildman–Crippen LogP) is 3.60. The molecule has 3 heterocycles. The van der Waals surface area contributed by atoms with Gasteiger partial charge in [0.2, 0.25) is 0 Å². The standard InChI is InChI=1S/C24H21N7O3S/c25-22(33)24-31-30-23(34-24)17-11-26-21(29-15-6-7-18-20(9-15)35-13-27-18)10-19(17)28-16(12-32)8-14-4-2-1-3-5-14/h1-7,9-11,13,16,32H,8,12H2,(H2,25,33)(H2,26,28,29). The van der Waals surface area contributed by atoms with E-state index in [9.17, 15) is 9.90 Å². The quantitative estimate of drug-likeness (QED) is 0.244. The van der Waals surface area contributed by atoms with E-state index in [1.807, 2.05) is 48.5 Å². The van der Waals surface area contributed by atoms with Crippen molar-refractivity contribution >= 4 is 44.7 Å². The van der Waals surface area contributed by atoms with Gasteiger partial charge in [0, 0.05) is 18.0 Å². The second-order valence-corrected chi connectivity index (χ2v) is 8.65. The van der Waals surface area contributed by atoms with Crippen LogP contribution in [0.25, 0.3) is 21.7 Å². The topological polar surface area (TPSA) is 152 Å². The number of nitrogens with one attached hydrogen (secondary N) is 2. The lowest BCUT2D eigenvalue weighted by Crippen LogP contribution is -2.26. The smallest absolute Gasteiger partial charge is 0.306 e. The van der Waals surface area contributed by atoms with Crippen molar-refractivity contribution in [2.45, 2.75) is 12.5 Å². The first-order valence-corrected chi connectivity index (χ1v) is 11.6. The zero-order valence-corrected chi connectivity index (χ0v) is 19.2. The molecule has 0 aliphatic heterocycles. The molecule has 10 nitrogen and oxygen atoms in total. The number of amides is 1. The van der Waals surface area contributed by atoms with Crippen molar-refractivity contribution in [3.05, 3.63) is 77.8 Å². The predicted molar refractivity (Wildman–Crippen MR) is 134 cm³/mol. The fourth-order valence-electron chi connectivity index (χ4n) is 3.61. The molecule has 0 saturated carbocycles. The van der Waals surface area contributed by atoms with E-state index in [2.05, 4.69) is 30.8 Å². The first-order chi connectivity index (χ1) is 17.1. The maximum absolute atomic E-state index is 11.4. The molecule has 1 atom stereocenters. The number of aliphatic hydroxyl groups excluding tert-OH is 1. The van der Waals surface area contributed by atoms with Crippen LogP contribution in [-0.2, 0) is 6.42 Å². The molecule has 0 aliphatic carbocycles. The summed E-state index contributed by atoms with van der Waals surface area (Å²) in [4.78, 5) is 20.2. The van der Waals surface area contributed by atoms with Crippen LogP contribution < -0.4 is 16.4 Å². The van der Waals surface area contributed by atoms with Gasteiger partial charge >= 0.3 is 11.8 Å². The van der Waals surface area contributed by atoms with Crippen LogP contribution in [0.4, 0.5) is 17.2 Å². The molecule has 5 aromatic rings. The van der Waals surface area contributed by atoms with Crippen LogP contribution in [0.3, 0.4) is 0 Å². The molecule has 5 rings (SSSR count). The fourth-order valence-corrected chi connectivity index (χ4v) is 4.32. The summed E-state index contributed by atoms with van der Waals surface area (Å²) in [5.41, 5.74) is 11.0. The third kappa shape index (κ3) is 5.10. The number of primary amides is 1. The van der Waals surface area contributed by atoms with Crippen molar-refractivity contribution in [1.29, 1.82) is 0 Å². The van der Waals surface area contributed by atoms with Crippen LogP contribution in [0.15, 0.2) is 70.7 Å². The highest BCUT2D eigenvalue weighted by Gasteiger charge is 2.19. The summed E-state index contributed by atoms with van der Waals surface area (Å²) in [5, 5.41) is 24.3. The van der Waals surface area contributed by atoms with E-state index in [1.54, 1.807) is 29.1 Å². The van der Waals surface area contributed by atoms with Crippen molar-refractivity contribution in [3.8, 4) is 11.5 Å². The molecular weight excluding hydrogens is 466 g/mol. The van der Waals surface area contributed by atoms with E-state index < -0.39 is 5.91 Å². The Kier molecular flexibility index (Phi) is 6.33. The summed E-state index contributed by atoms with van der Waals surface area (Å²) in [6.07, 6.45) is 2.14. The number of anilines is 3. The number of carbonyl (C=O) groups excluding carboxylic acids is 1. The van der Waals surface area contributed by atoms with Gasteiger partial charge in [0.25, 0.3) is 5.89 Å². The molecule has 5 N–H and O–H groups in total. The largest absolute Gasteiger partial charge is 0.412 e. The Morgan fingerprint density at radius 1 is 1.11 bits per heavy atom. The Morgan fingerprint density at radius 2 is 1.97 bits per heavy atom. The average molecular weight is 488 g/mol. The van der Waals surface area contributed by atoms with E-state index in [4.69, 9.17) is 10.2 Å². The average Bonchev–Trinajstić information content (AvgIpc) is 3.54. The summed E-state index contributed by atoms with van der Waals surface area (Å²) in [6, 6.07) is 17.2. The normalized spacial score (nSPS) is 11.9. The van der Waals surface area contributed by atoms with Gasteiger partial charge in [-0.3, -0.25) is 4.79 Å². The lowest BCUT2D eigenvalue weighted by molar-refractivity contribution is 0.0968. The Balaban J connectivity index is 1.47. The number of nitrogens with two attached hydrogens (primary N) is 1. The fraction of sp³-hybridized carbons (Fsp3) is 0.125. The van der Waals surface area contributed by atoms with Gasteiger partial charge in [-0.1, -0.05) is 30.3 Å². The Hall–Kier alpha value is -4.35. The summed E-state index contributed by atoms with van der Waals surface area (Å²) in [5.74, 6) is -0.469. The SMILES string of the molecule is NC(=O)c1nnc(-c2cnc(Nc3ccc4ncsc4c3)cc2NC(CO)Cc2ccccc2)o1. The number of aromatic nitrogens is 4. The first-order valence-electron chi connectivity index (χ1n) is 10.7. The number of benzene rings is 2. The second-order valence-electron chi connectivity index (χ2n) is 7.77. The maximum Gasteiger partial charge on any atom is 0.306 e. The van der Waals surface area contributed by atoms with Crippen molar-refractivity contribution < 1.29 is 14.3 Å². The molecular formula is C24H21N7O3S. The lowest BCUT2D eigenvalue weighted by atomic mass is 10.1. The van der Waals surface area contributed by atoms with E-state index in [1.165, 1.54) is 0 Å². The monoisotopic (exact) mass is 487 g/mol. The molecule has 0 spiro atoms. The number of rotatable bonds is 9. The number of pyridine rings is 1. The Bertz CT molecular complexity index is 1470. The Labute approximate surface area is 203 Å². The Morgan fingerprint density at radius 3 is 2.74 bits per heavy atom. The van der Waals surface area contributed by atoms with E-state index >= 15 is 0 Å². The van der Waals surface area contributed by atoms with Gasteiger partial charge in [0.15, 0.2) is 0 Å². The molecule has 0 bridgehead atoms. The molecule has 0 fully saturated rings. The van der Waals surface area contributed by atoms with Crippen molar-refractivity contribution in [3.63, 3.8) is 0 Å². The molecule has 0 saturated heterocycles. The number of hydrogen-bond acceptors (Lipinski definition) is 10. The number of aliphatic hydroxyl groups is 1. The minimum absolute atomic E-state index is 0.0860. The minimum Gasteiger partial charge on any atom is -0.412 e. The zero-order chi connectivity index (χ0) is 24.2. The van der Waals surface area contributed by atoms with E-state index in [0.717, 1.165) is 21.5 Å². The number of hydrogen-bond donors (Lipinski definition) is 4. The summed E-state index contributed by atoms with van der Waals surface area (Å²) >= 11 is 1.55. The molecule has 3 aromatic heterocycles. The van der Waals surface area contributed by atoms with Crippen LogP contribution in [0, 0.1) is 0 Å². The molecule has 2 aromatic carbocycles. The molecule has 0 aliphatic rings. The van der Waals surface area contributed by atoms with Crippen LogP contribution in [0.1, 0.15) is 16.2 Å². The maximum atomic E-state index is 11.4. The van der Waals surface area contributed by atoms with Crippen LogP contribution >= 0.6 is 11.3 Å². The van der Waals surface area contributed by atoms with Crippen LogP contribution in [0.5, 0.6) is 0 Å². The molecule has 1 unspecified atom stereocenters. The third-order valence-electron chi connectivity index (χ3n) is 5.28. The van der Waals surface area contributed by atoms with Gasteiger partial charge in [-0.25, -0.2) is 9.97 Å². The van der Waals surface area contributed by atoms with Gasteiger partial charge < -0.3 is 25.9 Å². The number of carbonyl (C=O) groups is 1. The summed E-state index contributed by atoms with van der Waals surface area (Å²) in [7, 11) is 0. The summed E-state index contributed by atoms with van der Waals surface area (Å²) < 4.78 is 6.49.